The number of carbonyl (C=O) groups is 1. The molecule has 0 aromatic heterocycles. The fraction of sp³-hybridized carbons (Fsp3) is 0.357. The van der Waals surface area contributed by atoms with E-state index in [-0.39, 0.29) is 6.03 Å². The molecule has 0 bridgehead atoms. The summed E-state index contributed by atoms with van der Waals surface area (Å²) in [6, 6.07) is 9.31. The summed E-state index contributed by atoms with van der Waals surface area (Å²) in [6.45, 7) is 2.66. The van der Waals surface area contributed by atoms with Gasteiger partial charge in [0, 0.05) is 25.3 Å². The van der Waals surface area contributed by atoms with Crippen molar-refractivity contribution in [2.45, 2.75) is 6.42 Å². The summed E-state index contributed by atoms with van der Waals surface area (Å²) in [5, 5.41) is 5.68. The topological polar surface area (TPSA) is 44.4 Å². The highest BCUT2D eigenvalue weighted by Crippen LogP contribution is 2.08. The molecule has 1 heterocycles. The Morgan fingerprint density at radius 3 is 2.78 bits per heavy atom. The average molecular weight is 245 g/mol. The molecule has 1 aliphatic heterocycles. The van der Waals surface area contributed by atoms with Crippen LogP contribution in [0.4, 0.5) is 10.5 Å². The monoisotopic (exact) mass is 245 g/mol. The van der Waals surface area contributed by atoms with Crippen molar-refractivity contribution < 1.29 is 4.79 Å². The fourth-order valence-electron chi connectivity index (χ4n) is 1.86. The third-order valence-electron chi connectivity index (χ3n) is 3.01. The van der Waals surface area contributed by atoms with Crippen molar-refractivity contribution in [3.05, 3.63) is 42.0 Å². The van der Waals surface area contributed by atoms with E-state index in [4.69, 9.17) is 0 Å². The highest BCUT2D eigenvalue weighted by atomic mass is 16.2. The van der Waals surface area contributed by atoms with Crippen molar-refractivity contribution in [3.63, 3.8) is 0 Å². The summed E-state index contributed by atoms with van der Waals surface area (Å²) < 4.78 is 0. The average Bonchev–Trinajstić information content (AvgIpc) is 2.39. The maximum absolute atomic E-state index is 11.7. The quantitative estimate of drug-likeness (QED) is 0.801. The lowest BCUT2D eigenvalue weighted by molar-refractivity contribution is 0.252. The number of likely N-dealkylation sites (N-methyl/N-ethyl adjacent to an activating group) is 1. The maximum Gasteiger partial charge on any atom is 0.319 e. The Balaban J connectivity index is 1.75. The first-order chi connectivity index (χ1) is 8.74. The van der Waals surface area contributed by atoms with E-state index in [2.05, 4.69) is 28.7 Å². The number of carbonyl (C=O) groups excluding carboxylic acids is 1. The number of urea groups is 1. The number of rotatable bonds is 3. The Morgan fingerprint density at radius 2 is 2.11 bits per heavy atom. The van der Waals surface area contributed by atoms with Crippen LogP contribution >= 0.6 is 0 Å². The summed E-state index contributed by atoms with van der Waals surface area (Å²) in [6.07, 6.45) is 3.22. The van der Waals surface area contributed by atoms with Crippen molar-refractivity contribution in [2.24, 2.45) is 0 Å². The third kappa shape index (κ3) is 3.89. The fourth-order valence-corrected chi connectivity index (χ4v) is 1.86. The van der Waals surface area contributed by atoms with Crippen molar-refractivity contribution >= 4 is 11.7 Å². The van der Waals surface area contributed by atoms with Gasteiger partial charge in [-0.3, -0.25) is 0 Å². The molecule has 0 aliphatic carbocycles. The van der Waals surface area contributed by atoms with Crippen LogP contribution in [0.5, 0.6) is 0 Å². The summed E-state index contributed by atoms with van der Waals surface area (Å²) in [7, 11) is 2.10. The van der Waals surface area contributed by atoms with E-state index in [1.165, 1.54) is 5.57 Å². The first kappa shape index (κ1) is 12.6. The van der Waals surface area contributed by atoms with Gasteiger partial charge in [-0.05, 0) is 25.6 Å². The van der Waals surface area contributed by atoms with Crippen LogP contribution in [0, 0.1) is 0 Å². The van der Waals surface area contributed by atoms with Gasteiger partial charge >= 0.3 is 6.03 Å². The Hall–Kier alpha value is -1.81. The second-order valence-corrected chi connectivity index (χ2v) is 4.55. The largest absolute Gasteiger partial charge is 0.334 e. The molecular formula is C14H19N3O. The predicted octanol–water partition coefficient (Wildman–Crippen LogP) is 2.07. The summed E-state index contributed by atoms with van der Waals surface area (Å²) >= 11 is 0. The van der Waals surface area contributed by atoms with Crippen LogP contribution < -0.4 is 10.6 Å². The van der Waals surface area contributed by atoms with E-state index in [0.29, 0.717) is 6.54 Å². The Kier molecular flexibility index (Phi) is 4.36. The van der Waals surface area contributed by atoms with E-state index < -0.39 is 0 Å². The summed E-state index contributed by atoms with van der Waals surface area (Å²) in [5.41, 5.74) is 2.11. The molecule has 0 fully saturated rings. The molecule has 0 saturated heterocycles. The number of anilines is 1. The Labute approximate surface area is 108 Å². The Bertz CT molecular complexity index is 428. The molecule has 96 valence electrons. The lowest BCUT2D eigenvalue weighted by atomic mass is 10.1. The van der Waals surface area contributed by atoms with Gasteiger partial charge in [0.05, 0.1) is 0 Å². The molecule has 2 N–H and O–H groups in total. The summed E-state index contributed by atoms with van der Waals surface area (Å²) in [4.78, 5) is 13.9. The zero-order chi connectivity index (χ0) is 12.8. The molecule has 0 unspecified atom stereocenters. The maximum atomic E-state index is 11.7. The van der Waals surface area contributed by atoms with Gasteiger partial charge in [0.15, 0.2) is 0 Å². The van der Waals surface area contributed by atoms with Gasteiger partial charge in [0.25, 0.3) is 0 Å². The molecule has 0 saturated carbocycles. The normalized spacial score (nSPS) is 15.9. The lowest BCUT2D eigenvalue weighted by Gasteiger charge is -2.22. The standard InChI is InChI=1S/C14H19N3O/c1-17-9-7-12(8-10-17)11-15-14(18)16-13-5-3-2-4-6-13/h2-7H,8-11H2,1H3,(H2,15,16,18). The van der Waals surface area contributed by atoms with Gasteiger partial charge < -0.3 is 15.5 Å². The van der Waals surface area contributed by atoms with Crippen LogP contribution in [0.2, 0.25) is 0 Å². The van der Waals surface area contributed by atoms with Gasteiger partial charge in [-0.2, -0.15) is 0 Å². The summed E-state index contributed by atoms with van der Waals surface area (Å²) in [5.74, 6) is 0. The molecule has 4 nitrogen and oxygen atoms in total. The van der Waals surface area contributed by atoms with Crippen molar-refractivity contribution in [2.75, 3.05) is 32.0 Å². The molecule has 0 radical (unpaired) electrons. The van der Waals surface area contributed by atoms with E-state index in [1.54, 1.807) is 0 Å². The van der Waals surface area contributed by atoms with Gasteiger partial charge in [-0.1, -0.05) is 29.8 Å². The van der Waals surface area contributed by atoms with Crippen LogP contribution in [0.3, 0.4) is 0 Å². The molecule has 0 spiro atoms. The van der Waals surface area contributed by atoms with E-state index in [9.17, 15) is 4.79 Å². The molecule has 18 heavy (non-hydrogen) atoms. The molecule has 1 aromatic carbocycles. The molecule has 1 aliphatic rings. The Morgan fingerprint density at radius 1 is 1.33 bits per heavy atom. The lowest BCUT2D eigenvalue weighted by Crippen LogP contribution is -2.33. The van der Waals surface area contributed by atoms with E-state index >= 15 is 0 Å². The number of hydrogen-bond donors (Lipinski definition) is 2. The van der Waals surface area contributed by atoms with Gasteiger partial charge in [-0.15, -0.1) is 0 Å². The van der Waals surface area contributed by atoms with Gasteiger partial charge in [0.2, 0.25) is 0 Å². The van der Waals surface area contributed by atoms with Crippen LogP contribution in [0.15, 0.2) is 42.0 Å². The smallest absolute Gasteiger partial charge is 0.319 e. The van der Waals surface area contributed by atoms with Crippen molar-refractivity contribution in [3.8, 4) is 0 Å². The number of nitrogens with zero attached hydrogens (tertiary/aromatic N) is 1. The predicted molar refractivity (Wildman–Crippen MR) is 73.7 cm³/mol. The zero-order valence-electron chi connectivity index (χ0n) is 10.6. The second-order valence-electron chi connectivity index (χ2n) is 4.55. The molecule has 0 atom stereocenters. The van der Waals surface area contributed by atoms with Crippen LogP contribution in [-0.2, 0) is 0 Å². The number of nitrogens with one attached hydrogen (secondary N) is 2. The minimum atomic E-state index is -0.152. The van der Waals surface area contributed by atoms with Gasteiger partial charge in [-0.25, -0.2) is 4.79 Å². The highest BCUT2D eigenvalue weighted by Gasteiger charge is 2.08. The molecule has 2 amide bonds. The molecule has 2 rings (SSSR count). The van der Waals surface area contributed by atoms with Crippen LogP contribution in [-0.4, -0.2) is 37.6 Å². The second kappa shape index (κ2) is 6.21. The minimum Gasteiger partial charge on any atom is -0.334 e. The zero-order valence-corrected chi connectivity index (χ0v) is 10.6. The molecular weight excluding hydrogens is 226 g/mol. The van der Waals surface area contributed by atoms with Crippen LogP contribution in [0.1, 0.15) is 6.42 Å². The highest BCUT2D eigenvalue weighted by molar-refractivity contribution is 5.89. The first-order valence-electron chi connectivity index (χ1n) is 6.20. The molecule has 1 aromatic rings. The van der Waals surface area contributed by atoms with E-state index in [0.717, 1.165) is 25.2 Å². The third-order valence-corrected chi connectivity index (χ3v) is 3.01. The van der Waals surface area contributed by atoms with Crippen molar-refractivity contribution in [1.29, 1.82) is 0 Å². The number of amides is 2. The number of hydrogen-bond acceptors (Lipinski definition) is 2. The SMILES string of the molecule is CN1CC=C(CNC(=O)Nc2ccccc2)CC1. The number of para-hydroxylation sites is 1. The van der Waals surface area contributed by atoms with E-state index in [1.807, 2.05) is 30.3 Å². The molecule has 4 heteroatoms. The van der Waals surface area contributed by atoms with Crippen molar-refractivity contribution in [1.82, 2.24) is 10.2 Å². The minimum absolute atomic E-state index is 0.152. The first-order valence-corrected chi connectivity index (χ1v) is 6.20. The van der Waals surface area contributed by atoms with Crippen LogP contribution in [0.25, 0.3) is 0 Å². The van der Waals surface area contributed by atoms with Gasteiger partial charge in [0.1, 0.15) is 0 Å². The number of benzene rings is 1.